The number of methoxy groups -OCH3 is 2. The molecule has 122 valence electrons. The highest BCUT2D eigenvalue weighted by Gasteiger charge is 2.11. The lowest BCUT2D eigenvalue weighted by molar-refractivity contribution is 0.405. The highest BCUT2D eigenvalue weighted by molar-refractivity contribution is 6.32. The zero-order chi connectivity index (χ0) is 16.8. The maximum atomic E-state index is 6.11. The zero-order valence-corrected chi connectivity index (χ0v) is 14.1. The number of rotatable bonds is 7. The SMILES string of the molecule is C=CCNc1nc(C)cc(Nc2cc(OC)c(Cl)cc2OC)n1. The molecule has 1 aromatic carbocycles. The Balaban J connectivity index is 2.34. The molecule has 23 heavy (non-hydrogen) atoms. The predicted octanol–water partition coefficient (Wildman–Crippen LogP) is 3.80. The van der Waals surface area contributed by atoms with Crippen molar-refractivity contribution in [1.29, 1.82) is 0 Å². The molecule has 0 aliphatic rings. The second-order valence-electron chi connectivity index (χ2n) is 4.70. The molecule has 0 unspecified atom stereocenters. The lowest BCUT2D eigenvalue weighted by atomic mass is 10.2. The Hall–Kier alpha value is -2.47. The Labute approximate surface area is 140 Å². The maximum absolute atomic E-state index is 6.11. The summed E-state index contributed by atoms with van der Waals surface area (Å²) in [6, 6.07) is 5.28. The first-order chi connectivity index (χ1) is 11.1. The minimum Gasteiger partial charge on any atom is -0.495 e. The van der Waals surface area contributed by atoms with Gasteiger partial charge < -0.3 is 20.1 Å². The minimum absolute atomic E-state index is 0.474. The number of nitrogens with zero attached hydrogens (tertiary/aromatic N) is 2. The number of benzene rings is 1. The number of nitrogens with one attached hydrogen (secondary N) is 2. The summed E-state index contributed by atoms with van der Waals surface area (Å²) in [5, 5.41) is 6.74. The molecule has 0 radical (unpaired) electrons. The third kappa shape index (κ3) is 4.26. The van der Waals surface area contributed by atoms with Gasteiger partial charge in [-0.3, -0.25) is 0 Å². The highest BCUT2D eigenvalue weighted by atomic mass is 35.5. The van der Waals surface area contributed by atoms with Crippen LogP contribution in [0.25, 0.3) is 0 Å². The van der Waals surface area contributed by atoms with Crippen molar-refractivity contribution in [3.8, 4) is 11.5 Å². The summed E-state index contributed by atoms with van der Waals surface area (Å²) in [5.74, 6) is 2.29. The summed E-state index contributed by atoms with van der Waals surface area (Å²) >= 11 is 6.11. The maximum Gasteiger partial charge on any atom is 0.225 e. The molecule has 0 aliphatic carbocycles. The smallest absolute Gasteiger partial charge is 0.225 e. The third-order valence-corrected chi connectivity index (χ3v) is 3.29. The summed E-state index contributed by atoms with van der Waals surface area (Å²) in [4.78, 5) is 8.73. The minimum atomic E-state index is 0.474. The van der Waals surface area contributed by atoms with E-state index in [-0.39, 0.29) is 0 Å². The standard InChI is InChI=1S/C16H19ClN4O2/c1-5-6-18-16-19-10(2)7-15(21-16)20-12-9-13(22-3)11(17)8-14(12)23-4/h5,7-9H,1,6H2,2-4H3,(H2,18,19,20,21). The van der Waals surface area contributed by atoms with Crippen LogP contribution in [0, 0.1) is 6.92 Å². The topological polar surface area (TPSA) is 68.3 Å². The van der Waals surface area contributed by atoms with Crippen molar-refractivity contribution in [2.24, 2.45) is 0 Å². The number of halogens is 1. The van der Waals surface area contributed by atoms with E-state index in [0.29, 0.717) is 40.5 Å². The largest absolute Gasteiger partial charge is 0.495 e. The molecule has 6 nitrogen and oxygen atoms in total. The average Bonchev–Trinajstić information content (AvgIpc) is 2.53. The summed E-state index contributed by atoms with van der Waals surface area (Å²) in [5.41, 5.74) is 1.52. The van der Waals surface area contributed by atoms with Gasteiger partial charge in [-0.05, 0) is 6.92 Å². The molecule has 1 heterocycles. The second-order valence-corrected chi connectivity index (χ2v) is 5.11. The molecule has 0 fully saturated rings. The number of hydrogen-bond acceptors (Lipinski definition) is 6. The van der Waals surface area contributed by atoms with Crippen LogP contribution in [0.5, 0.6) is 11.5 Å². The quantitative estimate of drug-likeness (QED) is 0.751. The van der Waals surface area contributed by atoms with Crippen molar-refractivity contribution in [1.82, 2.24) is 9.97 Å². The van der Waals surface area contributed by atoms with E-state index in [2.05, 4.69) is 27.2 Å². The van der Waals surface area contributed by atoms with Crippen molar-refractivity contribution < 1.29 is 9.47 Å². The van der Waals surface area contributed by atoms with Crippen LogP contribution in [-0.4, -0.2) is 30.7 Å². The van der Waals surface area contributed by atoms with Gasteiger partial charge in [-0.15, -0.1) is 6.58 Å². The van der Waals surface area contributed by atoms with Crippen LogP contribution in [-0.2, 0) is 0 Å². The Kier molecular flexibility index (Phi) is 5.65. The van der Waals surface area contributed by atoms with Crippen molar-refractivity contribution >= 4 is 29.1 Å². The molecular weight excluding hydrogens is 316 g/mol. The van der Waals surface area contributed by atoms with E-state index in [4.69, 9.17) is 21.1 Å². The Morgan fingerprint density at radius 2 is 1.91 bits per heavy atom. The molecule has 1 aromatic heterocycles. The number of anilines is 3. The molecule has 2 N–H and O–H groups in total. The monoisotopic (exact) mass is 334 g/mol. The van der Waals surface area contributed by atoms with Gasteiger partial charge in [0.1, 0.15) is 17.3 Å². The van der Waals surface area contributed by atoms with Gasteiger partial charge in [0.25, 0.3) is 0 Å². The lowest BCUT2D eigenvalue weighted by Gasteiger charge is -2.14. The van der Waals surface area contributed by atoms with Crippen LogP contribution in [0.3, 0.4) is 0 Å². The van der Waals surface area contributed by atoms with E-state index < -0.39 is 0 Å². The van der Waals surface area contributed by atoms with E-state index in [1.54, 1.807) is 32.4 Å². The summed E-state index contributed by atoms with van der Waals surface area (Å²) < 4.78 is 10.6. The van der Waals surface area contributed by atoms with E-state index in [1.165, 1.54) is 0 Å². The Bertz CT molecular complexity index is 707. The van der Waals surface area contributed by atoms with Gasteiger partial charge in [0.2, 0.25) is 5.95 Å². The molecule has 0 bridgehead atoms. The molecule has 2 aromatic rings. The first-order valence-electron chi connectivity index (χ1n) is 6.96. The fourth-order valence-electron chi connectivity index (χ4n) is 1.97. The van der Waals surface area contributed by atoms with Gasteiger partial charge in [-0.25, -0.2) is 4.98 Å². The van der Waals surface area contributed by atoms with E-state index in [1.807, 2.05) is 13.0 Å². The fourth-order valence-corrected chi connectivity index (χ4v) is 2.20. The van der Waals surface area contributed by atoms with Gasteiger partial charge in [0.15, 0.2) is 0 Å². The number of hydrogen-bond donors (Lipinski definition) is 2. The summed E-state index contributed by atoms with van der Waals surface area (Å²) in [6.07, 6.45) is 1.74. The van der Waals surface area contributed by atoms with Crippen LogP contribution in [0.15, 0.2) is 30.9 Å². The van der Waals surface area contributed by atoms with Crippen LogP contribution in [0.4, 0.5) is 17.5 Å². The van der Waals surface area contributed by atoms with Gasteiger partial charge in [0.05, 0.1) is 24.9 Å². The fraction of sp³-hybridized carbons (Fsp3) is 0.250. The zero-order valence-electron chi connectivity index (χ0n) is 13.3. The van der Waals surface area contributed by atoms with Crippen LogP contribution in [0.2, 0.25) is 5.02 Å². The van der Waals surface area contributed by atoms with Crippen molar-refractivity contribution in [2.45, 2.75) is 6.92 Å². The van der Waals surface area contributed by atoms with Crippen molar-refractivity contribution in [3.05, 3.63) is 41.6 Å². The molecule has 0 saturated heterocycles. The second kappa shape index (κ2) is 7.69. The van der Waals surface area contributed by atoms with Gasteiger partial charge in [-0.2, -0.15) is 4.98 Å². The molecule has 0 saturated carbocycles. The highest BCUT2D eigenvalue weighted by Crippen LogP contribution is 2.37. The van der Waals surface area contributed by atoms with Crippen molar-refractivity contribution in [3.63, 3.8) is 0 Å². The normalized spacial score (nSPS) is 10.1. The van der Waals surface area contributed by atoms with Gasteiger partial charge >= 0.3 is 0 Å². The molecule has 0 aliphatic heterocycles. The van der Waals surface area contributed by atoms with E-state index in [9.17, 15) is 0 Å². The summed E-state index contributed by atoms with van der Waals surface area (Å²) in [7, 11) is 3.13. The number of ether oxygens (including phenoxy) is 2. The first kappa shape index (κ1) is 16.9. The number of aryl methyl sites for hydroxylation is 1. The third-order valence-electron chi connectivity index (χ3n) is 3.00. The van der Waals surface area contributed by atoms with E-state index in [0.717, 1.165) is 5.69 Å². The predicted molar refractivity (Wildman–Crippen MR) is 93.3 cm³/mol. The molecule has 0 atom stereocenters. The van der Waals surface area contributed by atoms with Crippen LogP contribution < -0.4 is 20.1 Å². The Morgan fingerprint density at radius 1 is 1.17 bits per heavy atom. The number of aromatic nitrogens is 2. The molecular formula is C16H19ClN4O2. The molecule has 2 rings (SSSR count). The molecule has 7 heteroatoms. The van der Waals surface area contributed by atoms with Gasteiger partial charge in [0, 0.05) is 30.4 Å². The average molecular weight is 335 g/mol. The van der Waals surface area contributed by atoms with Crippen molar-refractivity contribution in [2.75, 3.05) is 31.4 Å². The first-order valence-corrected chi connectivity index (χ1v) is 7.34. The van der Waals surface area contributed by atoms with Gasteiger partial charge in [-0.1, -0.05) is 17.7 Å². The summed E-state index contributed by atoms with van der Waals surface area (Å²) in [6.45, 7) is 6.14. The Morgan fingerprint density at radius 3 is 2.57 bits per heavy atom. The van der Waals surface area contributed by atoms with E-state index >= 15 is 0 Å². The van der Waals surface area contributed by atoms with Crippen LogP contribution >= 0.6 is 11.6 Å². The molecule has 0 spiro atoms. The molecule has 0 amide bonds. The van der Waals surface area contributed by atoms with Crippen LogP contribution in [0.1, 0.15) is 5.69 Å². The lowest BCUT2D eigenvalue weighted by Crippen LogP contribution is -2.06.